The third-order valence-electron chi connectivity index (χ3n) is 3.80. The summed E-state index contributed by atoms with van der Waals surface area (Å²) in [7, 11) is 0. The molecule has 6 nitrogen and oxygen atoms in total. The molecule has 2 aromatic carbocycles. The summed E-state index contributed by atoms with van der Waals surface area (Å²) < 4.78 is 5.62. The first-order valence-electron chi connectivity index (χ1n) is 8.09. The molecule has 3 rings (SSSR count). The van der Waals surface area contributed by atoms with Crippen molar-refractivity contribution in [3.8, 4) is 5.75 Å². The SMILES string of the molecule is Cc1ccccc1OCC(=O)N[C@@H](Cn1nccn1)c1ccccc1. The minimum atomic E-state index is -0.235. The van der Waals surface area contributed by atoms with Crippen LogP contribution < -0.4 is 10.1 Å². The second-order valence-electron chi connectivity index (χ2n) is 5.67. The minimum Gasteiger partial charge on any atom is -0.484 e. The molecule has 1 N–H and O–H groups in total. The summed E-state index contributed by atoms with van der Waals surface area (Å²) in [6.45, 7) is 2.36. The summed E-state index contributed by atoms with van der Waals surface area (Å²) in [5.74, 6) is 0.520. The van der Waals surface area contributed by atoms with Crippen LogP contribution in [0.4, 0.5) is 0 Å². The highest BCUT2D eigenvalue weighted by Gasteiger charge is 2.16. The largest absolute Gasteiger partial charge is 0.484 e. The molecule has 0 saturated heterocycles. The molecule has 3 aromatic rings. The Labute approximate surface area is 146 Å². The fourth-order valence-corrected chi connectivity index (χ4v) is 2.52. The van der Waals surface area contributed by atoms with Gasteiger partial charge in [-0.15, -0.1) is 0 Å². The maximum atomic E-state index is 12.4. The molecular weight excluding hydrogens is 316 g/mol. The van der Waals surface area contributed by atoms with Crippen LogP contribution >= 0.6 is 0 Å². The molecular formula is C19H20N4O2. The van der Waals surface area contributed by atoms with E-state index in [1.54, 1.807) is 17.2 Å². The molecule has 0 fully saturated rings. The number of carbonyl (C=O) groups is 1. The van der Waals surface area contributed by atoms with E-state index < -0.39 is 0 Å². The van der Waals surface area contributed by atoms with Gasteiger partial charge in [-0.2, -0.15) is 15.0 Å². The Hall–Kier alpha value is -3.15. The van der Waals surface area contributed by atoms with Crippen LogP contribution in [0.3, 0.4) is 0 Å². The van der Waals surface area contributed by atoms with Crippen molar-refractivity contribution in [1.82, 2.24) is 20.3 Å². The molecule has 0 radical (unpaired) electrons. The molecule has 0 aliphatic heterocycles. The first kappa shape index (κ1) is 16.7. The smallest absolute Gasteiger partial charge is 0.258 e. The molecule has 0 aliphatic rings. The first-order chi connectivity index (χ1) is 12.2. The highest BCUT2D eigenvalue weighted by molar-refractivity contribution is 5.78. The summed E-state index contributed by atoms with van der Waals surface area (Å²) >= 11 is 0. The number of hydrogen-bond acceptors (Lipinski definition) is 4. The Morgan fingerprint density at radius 1 is 1.08 bits per heavy atom. The molecule has 1 amide bonds. The number of hydrogen-bond donors (Lipinski definition) is 1. The van der Waals surface area contributed by atoms with Crippen molar-refractivity contribution < 1.29 is 9.53 Å². The van der Waals surface area contributed by atoms with E-state index in [2.05, 4.69) is 15.5 Å². The standard InChI is InChI=1S/C19H20N4O2/c1-15-7-5-6-10-18(15)25-14-19(24)22-17(13-23-20-11-12-21-23)16-8-3-2-4-9-16/h2-12,17H,13-14H2,1H3,(H,22,24)/t17-/m0/s1. The maximum absolute atomic E-state index is 12.4. The van der Waals surface area contributed by atoms with Crippen LogP contribution in [0.5, 0.6) is 5.75 Å². The van der Waals surface area contributed by atoms with Gasteiger partial charge in [0.25, 0.3) is 5.91 Å². The summed E-state index contributed by atoms with van der Waals surface area (Å²) in [5, 5.41) is 11.2. The van der Waals surface area contributed by atoms with Crippen LogP contribution in [0.2, 0.25) is 0 Å². The van der Waals surface area contributed by atoms with Gasteiger partial charge in [0.1, 0.15) is 5.75 Å². The van der Waals surface area contributed by atoms with E-state index in [1.807, 2.05) is 61.5 Å². The minimum absolute atomic E-state index is 0.0409. The van der Waals surface area contributed by atoms with Gasteiger partial charge >= 0.3 is 0 Å². The molecule has 1 heterocycles. The summed E-state index contributed by atoms with van der Waals surface area (Å²) in [6, 6.07) is 17.1. The first-order valence-corrected chi connectivity index (χ1v) is 8.09. The predicted octanol–water partition coefficient (Wildman–Crippen LogP) is 2.52. The summed E-state index contributed by atoms with van der Waals surface area (Å²) in [6.07, 6.45) is 3.23. The second-order valence-corrected chi connectivity index (χ2v) is 5.67. The van der Waals surface area contributed by atoms with Crippen LogP contribution in [-0.2, 0) is 11.3 Å². The fraction of sp³-hybridized carbons (Fsp3) is 0.211. The van der Waals surface area contributed by atoms with Crippen LogP contribution in [0.1, 0.15) is 17.2 Å². The van der Waals surface area contributed by atoms with Gasteiger partial charge in [-0.3, -0.25) is 4.79 Å². The number of carbonyl (C=O) groups excluding carboxylic acids is 1. The number of para-hydroxylation sites is 1. The zero-order valence-electron chi connectivity index (χ0n) is 14.0. The third kappa shape index (κ3) is 4.67. The molecule has 1 aromatic heterocycles. The fourth-order valence-electron chi connectivity index (χ4n) is 2.52. The van der Waals surface area contributed by atoms with Gasteiger partial charge in [-0.1, -0.05) is 48.5 Å². The predicted molar refractivity (Wildman–Crippen MR) is 94.0 cm³/mol. The molecule has 25 heavy (non-hydrogen) atoms. The van der Waals surface area contributed by atoms with Gasteiger partial charge in [0.15, 0.2) is 6.61 Å². The molecule has 0 spiro atoms. The van der Waals surface area contributed by atoms with E-state index in [9.17, 15) is 4.79 Å². The number of aryl methyl sites for hydroxylation is 1. The van der Waals surface area contributed by atoms with Gasteiger partial charge in [-0.05, 0) is 24.1 Å². The molecule has 0 bridgehead atoms. The lowest BCUT2D eigenvalue weighted by molar-refractivity contribution is -0.124. The highest BCUT2D eigenvalue weighted by atomic mass is 16.5. The van der Waals surface area contributed by atoms with Gasteiger partial charge in [0, 0.05) is 0 Å². The van der Waals surface area contributed by atoms with E-state index in [0.717, 1.165) is 11.1 Å². The quantitative estimate of drug-likeness (QED) is 0.720. The Bertz CT molecular complexity index is 803. The van der Waals surface area contributed by atoms with Gasteiger partial charge in [-0.25, -0.2) is 0 Å². The van der Waals surface area contributed by atoms with E-state index in [-0.39, 0.29) is 18.6 Å². The molecule has 0 unspecified atom stereocenters. The van der Waals surface area contributed by atoms with E-state index >= 15 is 0 Å². The summed E-state index contributed by atoms with van der Waals surface area (Å²) in [5.41, 5.74) is 1.99. The number of rotatable bonds is 7. The summed E-state index contributed by atoms with van der Waals surface area (Å²) in [4.78, 5) is 13.9. The van der Waals surface area contributed by atoms with E-state index in [4.69, 9.17) is 4.74 Å². The number of aromatic nitrogens is 3. The number of nitrogens with one attached hydrogen (secondary N) is 1. The number of nitrogens with zero attached hydrogens (tertiary/aromatic N) is 3. The van der Waals surface area contributed by atoms with Crippen LogP contribution in [0.25, 0.3) is 0 Å². The van der Waals surface area contributed by atoms with Crippen LogP contribution in [0.15, 0.2) is 67.0 Å². The lowest BCUT2D eigenvalue weighted by Gasteiger charge is -2.19. The van der Waals surface area contributed by atoms with E-state index in [0.29, 0.717) is 12.3 Å². The molecule has 0 saturated carbocycles. The van der Waals surface area contributed by atoms with Gasteiger partial charge < -0.3 is 10.1 Å². The zero-order valence-corrected chi connectivity index (χ0v) is 14.0. The number of benzene rings is 2. The Kier molecular flexibility index (Phi) is 5.41. The van der Waals surface area contributed by atoms with Crippen molar-refractivity contribution in [1.29, 1.82) is 0 Å². The zero-order chi connectivity index (χ0) is 17.5. The Morgan fingerprint density at radius 3 is 2.48 bits per heavy atom. The number of amides is 1. The monoisotopic (exact) mass is 336 g/mol. The highest BCUT2D eigenvalue weighted by Crippen LogP contribution is 2.17. The normalized spacial score (nSPS) is 11.7. The topological polar surface area (TPSA) is 69.0 Å². The third-order valence-corrected chi connectivity index (χ3v) is 3.80. The van der Waals surface area contributed by atoms with Crippen molar-refractivity contribution >= 4 is 5.91 Å². The maximum Gasteiger partial charge on any atom is 0.258 e. The van der Waals surface area contributed by atoms with E-state index in [1.165, 1.54) is 0 Å². The Balaban J connectivity index is 1.65. The average Bonchev–Trinajstić information content (AvgIpc) is 3.14. The molecule has 128 valence electrons. The van der Waals surface area contributed by atoms with Crippen LogP contribution in [-0.4, -0.2) is 27.5 Å². The van der Waals surface area contributed by atoms with Crippen molar-refractivity contribution in [2.45, 2.75) is 19.5 Å². The number of ether oxygens (including phenoxy) is 1. The van der Waals surface area contributed by atoms with Crippen molar-refractivity contribution in [3.63, 3.8) is 0 Å². The van der Waals surface area contributed by atoms with Crippen molar-refractivity contribution in [2.24, 2.45) is 0 Å². The molecule has 0 aliphatic carbocycles. The van der Waals surface area contributed by atoms with Crippen molar-refractivity contribution in [2.75, 3.05) is 6.61 Å². The average molecular weight is 336 g/mol. The Morgan fingerprint density at radius 2 is 1.76 bits per heavy atom. The van der Waals surface area contributed by atoms with Crippen LogP contribution in [0, 0.1) is 6.92 Å². The van der Waals surface area contributed by atoms with Gasteiger partial charge in [0.05, 0.1) is 25.0 Å². The molecule has 6 heteroatoms. The lowest BCUT2D eigenvalue weighted by atomic mass is 10.1. The lowest BCUT2D eigenvalue weighted by Crippen LogP contribution is -2.35. The second kappa shape index (κ2) is 8.10. The van der Waals surface area contributed by atoms with Gasteiger partial charge in [0.2, 0.25) is 0 Å². The molecule has 1 atom stereocenters. The van der Waals surface area contributed by atoms with Crippen molar-refractivity contribution in [3.05, 3.63) is 78.1 Å².